The summed E-state index contributed by atoms with van der Waals surface area (Å²) >= 11 is 0. The van der Waals surface area contributed by atoms with E-state index in [9.17, 15) is 22.8 Å². The summed E-state index contributed by atoms with van der Waals surface area (Å²) in [6.07, 6.45) is -0.977. The van der Waals surface area contributed by atoms with Gasteiger partial charge in [-0.25, -0.2) is 0 Å². The lowest BCUT2D eigenvalue weighted by Crippen LogP contribution is -2.27. The minimum absolute atomic E-state index is 0.347. The Labute approximate surface area is 146 Å². The van der Waals surface area contributed by atoms with Crippen LogP contribution in [0.2, 0.25) is 0 Å². The van der Waals surface area contributed by atoms with Crippen molar-refractivity contribution in [2.45, 2.75) is 12.6 Å². The molecule has 1 amide bonds. The van der Waals surface area contributed by atoms with Gasteiger partial charge in [0, 0.05) is 24.5 Å². The van der Waals surface area contributed by atoms with Crippen LogP contribution in [0.3, 0.4) is 0 Å². The molecule has 3 N–H and O–H groups in total. The van der Waals surface area contributed by atoms with Crippen molar-refractivity contribution in [1.29, 1.82) is 0 Å². The van der Waals surface area contributed by atoms with Gasteiger partial charge in [-0.05, 0) is 36.2 Å². The van der Waals surface area contributed by atoms with Crippen LogP contribution >= 0.6 is 0 Å². The van der Waals surface area contributed by atoms with Gasteiger partial charge in [0.2, 0.25) is 0 Å². The van der Waals surface area contributed by atoms with Gasteiger partial charge in [0.15, 0.2) is 0 Å². The van der Waals surface area contributed by atoms with Crippen LogP contribution in [-0.2, 0) is 6.18 Å². The molecule has 0 saturated carbocycles. The van der Waals surface area contributed by atoms with E-state index in [2.05, 4.69) is 11.4 Å². The zero-order chi connectivity index (χ0) is 18.9. The molecule has 0 fully saturated rings. The first-order valence-corrected chi connectivity index (χ1v) is 7.91. The molecule has 1 aromatic heterocycles. The van der Waals surface area contributed by atoms with Crippen molar-refractivity contribution in [1.82, 2.24) is 9.88 Å². The second-order valence-electron chi connectivity index (χ2n) is 5.91. The smallest absolute Gasteiger partial charge is 0.366 e. The molecular formula is C18H16F3N3O2. The third kappa shape index (κ3) is 3.55. The van der Waals surface area contributed by atoms with Crippen LogP contribution in [0.1, 0.15) is 27.9 Å². The quantitative estimate of drug-likeness (QED) is 0.879. The summed E-state index contributed by atoms with van der Waals surface area (Å²) in [4.78, 5) is 23.6. The number of alkyl halides is 3. The maximum absolute atomic E-state index is 13.0. The van der Waals surface area contributed by atoms with E-state index >= 15 is 0 Å². The summed E-state index contributed by atoms with van der Waals surface area (Å²) in [7, 11) is 0. The number of benzene rings is 1. The second-order valence-corrected chi connectivity index (χ2v) is 5.91. The van der Waals surface area contributed by atoms with Gasteiger partial charge in [0.05, 0.1) is 11.1 Å². The van der Waals surface area contributed by atoms with Gasteiger partial charge < -0.3 is 11.1 Å². The highest BCUT2D eigenvalue weighted by Crippen LogP contribution is 2.31. The number of carbonyl (C=O) groups is 1. The fraction of sp³-hybridized carbons (Fsp3) is 0.222. The molecule has 2 heterocycles. The Morgan fingerprint density at radius 1 is 1.19 bits per heavy atom. The first-order valence-electron chi connectivity index (χ1n) is 7.91. The van der Waals surface area contributed by atoms with E-state index in [-0.39, 0.29) is 0 Å². The maximum atomic E-state index is 13.0. The Balaban J connectivity index is 2.04. The van der Waals surface area contributed by atoms with Crippen molar-refractivity contribution < 1.29 is 18.0 Å². The lowest BCUT2D eigenvalue weighted by Gasteiger charge is -2.16. The summed E-state index contributed by atoms with van der Waals surface area (Å²) in [6, 6.07) is 7.18. The number of halogens is 3. The highest BCUT2D eigenvalue weighted by molar-refractivity contribution is 5.94. The number of carbonyl (C=O) groups excluding carboxylic acids is 1. The molecule has 1 aliphatic rings. The Morgan fingerprint density at radius 2 is 1.88 bits per heavy atom. The van der Waals surface area contributed by atoms with Crippen LogP contribution < -0.4 is 16.6 Å². The van der Waals surface area contributed by atoms with Crippen molar-refractivity contribution in [2.75, 3.05) is 13.1 Å². The molecule has 8 heteroatoms. The summed E-state index contributed by atoms with van der Waals surface area (Å²) in [5.74, 6) is -1.25. The van der Waals surface area contributed by atoms with Gasteiger partial charge >= 0.3 is 6.18 Å². The van der Waals surface area contributed by atoms with Gasteiger partial charge in [0.1, 0.15) is 0 Å². The largest absolute Gasteiger partial charge is 0.417 e. The molecule has 3 rings (SSSR count). The highest BCUT2D eigenvalue weighted by atomic mass is 19.4. The fourth-order valence-electron chi connectivity index (χ4n) is 2.87. The first-order chi connectivity index (χ1) is 12.3. The van der Waals surface area contributed by atoms with E-state index in [1.54, 1.807) is 24.3 Å². The lowest BCUT2D eigenvalue weighted by molar-refractivity contribution is -0.138. The Morgan fingerprint density at radius 3 is 2.42 bits per heavy atom. The molecular weight excluding hydrogens is 347 g/mol. The van der Waals surface area contributed by atoms with Crippen LogP contribution in [0.25, 0.3) is 11.3 Å². The van der Waals surface area contributed by atoms with Crippen LogP contribution in [0, 0.1) is 0 Å². The van der Waals surface area contributed by atoms with Gasteiger partial charge in [-0.1, -0.05) is 18.2 Å². The van der Waals surface area contributed by atoms with Crippen LogP contribution in [-0.4, -0.2) is 23.6 Å². The number of hydrogen-bond acceptors (Lipinski definition) is 3. The monoisotopic (exact) mass is 363 g/mol. The molecule has 26 heavy (non-hydrogen) atoms. The van der Waals surface area contributed by atoms with Crippen molar-refractivity contribution in [3.8, 4) is 5.69 Å². The summed E-state index contributed by atoms with van der Waals surface area (Å²) in [6.45, 7) is 1.64. The number of nitrogens with zero attached hydrogens (tertiary/aromatic N) is 1. The number of aromatic nitrogens is 1. The second kappa shape index (κ2) is 6.80. The summed E-state index contributed by atoms with van der Waals surface area (Å²) < 4.78 is 40.0. The Kier molecular flexibility index (Phi) is 4.69. The Bertz CT molecular complexity index is 928. The third-order valence-corrected chi connectivity index (χ3v) is 4.17. The number of nitrogens with two attached hydrogens (primary N) is 1. The van der Waals surface area contributed by atoms with E-state index in [0.717, 1.165) is 41.4 Å². The maximum Gasteiger partial charge on any atom is 0.417 e. The number of pyridine rings is 1. The minimum atomic E-state index is -4.84. The molecule has 1 aliphatic heterocycles. The number of hydrogen-bond donors (Lipinski definition) is 2. The molecule has 2 aromatic rings. The van der Waals surface area contributed by atoms with E-state index < -0.39 is 28.8 Å². The van der Waals surface area contributed by atoms with Crippen molar-refractivity contribution >= 4 is 11.5 Å². The first kappa shape index (κ1) is 17.9. The van der Waals surface area contributed by atoms with Crippen molar-refractivity contribution in [3.05, 3.63) is 69.6 Å². The molecule has 0 radical (unpaired) electrons. The topological polar surface area (TPSA) is 77.1 Å². The molecule has 0 unspecified atom stereocenters. The van der Waals surface area contributed by atoms with E-state index in [4.69, 9.17) is 5.73 Å². The molecule has 0 spiro atoms. The predicted octanol–water partition coefficient (Wildman–Crippen LogP) is 2.33. The molecule has 136 valence electrons. The van der Waals surface area contributed by atoms with Gasteiger partial charge in [0.25, 0.3) is 11.5 Å². The normalized spacial score (nSPS) is 14.8. The van der Waals surface area contributed by atoms with Gasteiger partial charge in [-0.2, -0.15) is 13.2 Å². The summed E-state index contributed by atoms with van der Waals surface area (Å²) in [5.41, 5.74) is 4.50. The molecule has 0 bridgehead atoms. The van der Waals surface area contributed by atoms with Crippen LogP contribution in [0.15, 0.2) is 47.4 Å². The minimum Gasteiger partial charge on any atom is -0.366 e. The van der Waals surface area contributed by atoms with E-state index in [0.29, 0.717) is 11.8 Å². The van der Waals surface area contributed by atoms with Crippen molar-refractivity contribution in [2.24, 2.45) is 5.73 Å². The molecule has 0 atom stereocenters. The van der Waals surface area contributed by atoms with Crippen molar-refractivity contribution in [3.63, 3.8) is 0 Å². The van der Waals surface area contributed by atoms with Crippen LogP contribution in [0.4, 0.5) is 13.2 Å². The molecule has 5 nitrogen and oxygen atoms in total. The van der Waals surface area contributed by atoms with Crippen LogP contribution in [0.5, 0.6) is 0 Å². The predicted molar refractivity (Wildman–Crippen MR) is 91.0 cm³/mol. The molecule has 0 aliphatic carbocycles. The fourth-order valence-corrected chi connectivity index (χ4v) is 2.87. The molecule has 1 aromatic carbocycles. The lowest BCUT2D eigenvalue weighted by atomic mass is 10.0. The number of primary amides is 1. The van der Waals surface area contributed by atoms with E-state index in [1.807, 2.05) is 0 Å². The van der Waals surface area contributed by atoms with Gasteiger partial charge in [-0.15, -0.1) is 0 Å². The standard InChI is InChI=1S/C18H16F3N3O2/c19-18(20,21)15-8-16(25)24(10-14(15)17(22)26)13-5-3-11(4-6-13)12-2-1-7-23-9-12/h2-6,8,10,23H,1,7,9H2,(H2,22,26). The number of amides is 1. The summed E-state index contributed by atoms with van der Waals surface area (Å²) in [5, 5.41) is 3.25. The Hall–Kier alpha value is -2.87. The number of rotatable bonds is 3. The third-order valence-electron chi connectivity index (χ3n) is 4.17. The van der Waals surface area contributed by atoms with Gasteiger partial charge in [-0.3, -0.25) is 14.2 Å². The zero-order valence-corrected chi connectivity index (χ0v) is 13.6. The highest BCUT2D eigenvalue weighted by Gasteiger charge is 2.36. The number of nitrogens with one attached hydrogen (secondary N) is 1. The average Bonchev–Trinajstić information content (AvgIpc) is 2.61. The SMILES string of the molecule is NC(=O)c1cn(-c2ccc(C3=CCCNC3)cc2)c(=O)cc1C(F)(F)F. The van der Waals surface area contributed by atoms with E-state index in [1.165, 1.54) is 0 Å². The molecule has 0 saturated heterocycles. The average molecular weight is 363 g/mol. The zero-order valence-electron chi connectivity index (χ0n) is 13.6.